The van der Waals surface area contributed by atoms with Crippen LogP contribution in [0, 0.1) is 0 Å². The number of aliphatic hydroxyl groups excluding tert-OH is 1. The molecule has 0 saturated carbocycles. The van der Waals surface area contributed by atoms with E-state index in [1.165, 1.54) is 25.2 Å². The van der Waals surface area contributed by atoms with Crippen LogP contribution in [0.2, 0.25) is 0 Å². The van der Waals surface area contributed by atoms with Crippen LogP contribution < -0.4 is 14.9 Å². The number of nitrogens with one attached hydrogen (secondary N) is 2. The molecule has 1 aliphatic heterocycles. The molecular formula is C36H49N5O5S. The Bertz CT molecular complexity index is 1600. The van der Waals surface area contributed by atoms with Crippen molar-refractivity contribution in [2.24, 2.45) is 0 Å². The van der Waals surface area contributed by atoms with E-state index in [4.69, 9.17) is 0 Å². The van der Waals surface area contributed by atoms with Gasteiger partial charge in [-0.05, 0) is 76.4 Å². The van der Waals surface area contributed by atoms with E-state index < -0.39 is 34.0 Å². The summed E-state index contributed by atoms with van der Waals surface area (Å²) in [7, 11) is -0.317. The fourth-order valence-electron chi connectivity index (χ4n) is 6.15. The summed E-state index contributed by atoms with van der Waals surface area (Å²) in [6, 6.07) is 22.9. The van der Waals surface area contributed by atoms with Gasteiger partial charge in [0, 0.05) is 37.3 Å². The van der Waals surface area contributed by atoms with Crippen molar-refractivity contribution in [3.8, 4) is 0 Å². The van der Waals surface area contributed by atoms with Crippen molar-refractivity contribution in [2.45, 2.75) is 70.4 Å². The normalized spacial score (nSPS) is 17.3. The maximum atomic E-state index is 13.9. The Balaban J connectivity index is 1.62. The summed E-state index contributed by atoms with van der Waals surface area (Å²) in [5, 5.41) is 17.6. The van der Waals surface area contributed by atoms with Crippen LogP contribution in [0.3, 0.4) is 0 Å². The maximum Gasteiger partial charge on any atom is 0.251 e. The SMILES string of the molecule is CC(NC(=O)c1cc(C(=O)NC(Cc2ccccc2)C(O)CN(C)C2CCCN2C(C)C)cc(N(C)S(C)(=O)=O)c1)c1ccccc1. The Labute approximate surface area is 279 Å². The van der Waals surface area contributed by atoms with Gasteiger partial charge in [0.25, 0.3) is 11.8 Å². The van der Waals surface area contributed by atoms with Crippen molar-refractivity contribution >= 4 is 27.5 Å². The molecule has 0 spiro atoms. The molecule has 0 aliphatic carbocycles. The summed E-state index contributed by atoms with van der Waals surface area (Å²) in [4.78, 5) is 32.0. The van der Waals surface area contributed by atoms with Gasteiger partial charge in [0.05, 0.1) is 36.3 Å². The summed E-state index contributed by atoms with van der Waals surface area (Å²) >= 11 is 0. The number of carbonyl (C=O) groups excluding carboxylic acids is 2. The van der Waals surface area contributed by atoms with Crippen molar-refractivity contribution < 1.29 is 23.1 Å². The Morgan fingerprint density at radius 3 is 2.06 bits per heavy atom. The number of likely N-dealkylation sites (N-methyl/N-ethyl adjacent to an activating group) is 1. The predicted octanol–water partition coefficient (Wildman–Crippen LogP) is 4.04. The van der Waals surface area contributed by atoms with Gasteiger partial charge >= 0.3 is 0 Å². The summed E-state index contributed by atoms with van der Waals surface area (Å²) < 4.78 is 26.0. The fourth-order valence-corrected chi connectivity index (χ4v) is 6.63. The van der Waals surface area contributed by atoms with Gasteiger partial charge in [-0.15, -0.1) is 0 Å². The number of benzene rings is 3. The Morgan fingerprint density at radius 1 is 0.915 bits per heavy atom. The Morgan fingerprint density at radius 2 is 1.49 bits per heavy atom. The van der Waals surface area contributed by atoms with Gasteiger partial charge in [0.2, 0.25) is 10.0 Å². The first kappa shape index (κ1) is 36.1. The lowest BCUT2D eigenvalue weighted by Crippen LogP contribution is -2.53. The van der Waals surface area contributed by atoms with E-state index in [1.54, 1.807) is 0 Å². The van der Waals surface area contributed by atoms with Crippen molar-refractivity contribution in [2.75, 3.05) is 37.7 Å². The molecule has 2 amide bonds. The molecule has 47 heavy (non-hydrogen) atoms. The standard InChI is InChI=1S/C36H49N5O5S/c1-25(2)41-19-13-18-34(41)39(4)24-33(42)32(20-27-14-9-7-10-15-27)38-36(44)30-21-29(22-31(23-30)40(5)47(6,45)46)35(43)37-26(3)28-16-11-8-12-17-28/h7-12,14-17,21-23,25-26,32-34,42H,13,18-20,24H2,1-6H3,(H,37,43)(H,38,44). The van der Waals surface area contributed by atoms with Gasteiger partial charge in [0.1, 0.15) is 0 Å². The van der Waals surface area contributed by atoms with Crippen LogP contribution in [0.4, 0.5) is 5.69 Å². The van der Waals surface area contributed by atoms with E-state index in [1.807, 2.05) is 74.6 Å². The first-order valence-corrected chi connectivity index (χ1v) is 18.0. The summed E-state index contributed by atoms with van der Waals surface area (Å²) in [5.41, 5.74) is 2.27. The zero-order valence-electron chi connectivity index (χ0n) is 28.3. The van der Waals surface area contributed by atoms with Crippen molar-refractivity contribution in [1.29, 1.82) is 0 Å². The summed E-state index contributed by atoms with van der Waals surface area (Å²) in [6.45, 7) is 7.55. The van der Waals surface area contributed by atoms with Crippen LogP contribution >= 0.6 is 0 Å². The Hall–Kier alpha value is -3.77. The van der Waals surface area contributed by atoms with E-state index in [2.05, 4.69) is 34.3 Å². The lowest BCUT2D eigenvalue weighted by atomic mass is 9.99. The number of nitrogens with zero attached hydrogens (tertiary/aromatic N) is 3. The smallest absolute Gasteiger partial charge is 0.251 e. The second-order valence-corrected chi connectivity index (χ2v) is 14.8. The maximum absolute atomic E-state index is 13.9. The van der Waals surface area contributed by atoms with Gasteiger partial charge in [-0.25, -0.2) is 8.42 Å². The van der Waals surface area contributed by atoms with E-state index in [-0.39, 0.29) is 29.0 Å². The van der Waals surface area contributed by atoms with E-state index in [9.17, 15) is 23.1 Å². The molecule has 1 fully saturated rings. The van der Waals surface area contributed by atoms with E-state index in [0.717, 1.165) is 41.1 Å². The molecule has 1 aliphatic rings. The van der Waals surface area contributed by atoms with E-state index >= 15 is 0 Å². The highest BCUT2D eigenvalue weighted by molar-refractivity contribution is 7.92. The number of sulfonamides is 1. The largest absolute Gasteiger partial charge is 0.390 e. The van der Waals surface area contributed by atoms with Gasteiger partial charge in [-0.2, -0.15) is 0 Å². The molecule has 4 atom stereocenters. The van der Waals surface area contributed by atoms with Crippen LogP contribution in [-0.4, -0.2) is 92.9 Å². The number of hydrogen-bond donors (Lipinski definition) is 3. The summed E-state index contributed by atoms with van der Waals surface area (Å²) in [6.07, 6.45) is 2.82. The third-order valence-electron chi connectivity index (χ3n) is 8.94. The summed E-state index contributed by atoms with van der Waals surface area (Å²) in [5.74, 6) is -0.973. The highest BCUT2D eigenvalue weighted by Crippen LogP contribution is 2.24. The van der Waals surface area contributed by atoms with Gasteiger partial charge in [-0.3, -0.25) is 23.7 Å². The zero-order valence-corrected chi connectivity index (χ0v) is 29.1. The first-order chi connectivity index (χ1) is 22.2. The lowest BCUT2D eigenvalue weighted by Gasteiger charge is -2.37. The third kappa shape index (κ3) is 9.63. The number of carbonyl (C=O) groups is 2. The molecule has 3 N–H and O–H groups in total. The molecule has 10 nitrogen and oxygen atoms in total. The third-order valence-corrected chi connectivity index (χ3v) is 10.1. The van der Waals surface area contributed by atoms with Crippen LogP contribution in [0.15, 0.2) is 78.9 Å². The second-order valence-electron chi connectivity index (χ2n) is 12.8. The van der Waals surface area contributed by atoms with Gasteiger partial charge in [0.15, 0.2) is 0 Å². The number of amides is 2. The van der Waals surface area contributed by atoms with Gasteiger partial charge < -0.3 is 15.7 Å². The van der Waals surface area contributed by atoms with Crippen LogP contribution in [0.5, 0.6) is 0 Å². The van der Waals surface area contributed by atoms with Crippen LogP contribution in [0.25, 0.3) is 0 Å². The first-order valence-electron chi connectivity index (χ1n) is 16.2. The minimum Gasteiger partial charge on any atom is -0.390 e. The molecule has 1 heterocycles. The highest BCUT2D eigenvalue weighted by Gasteiger charge is 2.32. The number of rotatable bonds is 14. The van der Waals surface area contributed by atoms with Crippen LogP contribution in [-0.2, 0) is 16.4 Å². The minimum atomic E-state index is -3.70. The average Bonchev–Trinajstić information content (AvgIpc) is 3.55. The fraction of sp³-hybridized carbons (Fsp3) is 0.444. The number of hydrogen-bond acceptors (Lipinski definition) is 7. The monoisotopic (exact) mass is 663 g/mol. The highest BCUT2D eigenvalue weighted by atomic mass is 32.2. The molecule has 4 rings (SSSR count). The predicted molar refractivity (Wildman–Crippen MR) is 187 cm³/mol. The zero-order chi connectivity index (χ0) is 34.3. The van der Waals surface area contributed by atoms with Crippen molar-refractivity contribution in [1.82, 2.24) is 20.4 Å². The van der Waals surface area contributed by atoms with Crippen molar-refractivity contribution in [3.05, 3.63) is 101 Å². The molecule has 4 unspecified atom stereocenters. The van der Waals surface area contributed by atoms with Crippen molar-refractivity contribution in [3.63, 3.8) is 0 Å². The Kier molecular flexibility index (Phi) is 12.2. The second kappa shape index (κ2) is 15.9. The average molecular weight is 664 g/mol. The topological polar surface area (TPSA) is 122 Å². The van der Waals surface area contributed by atoms with Gasteiger partial charge in [-0.1, -0.05) is 60.7 Å². The van der Waals surface area contributed by atoms with Crippen LogP contribution in [0.1, 0.15) is 71.5 Å². The molecule has 3 aromatic rings. The molecule has 1 saturated heterocycles. The molecule has 3 aromatic carbocycles. The van der Waals surface area contributed by atoms with E-state index in [0.29, 0.717) is 19.0 Å². The number of anilines is 1. The lowest BCUT2D eigenvalue weighted by molar-refractivity contribution is 0.0220. The molecule has 0 bridgehead atoms. The molecular weight excluding hydrogens is 614 g/mol. The molecule has 0 aromatic heterocycles. The number of likely N-dealkylation sites (tertiary alicyclic amines) is 1. The molecule has 254 valence electrons. The quantitative estimate of drug-likeness (QED) is 0.238. The molecule has 0 radical (unpaired) electrons. The number of aliphatic hydroxyl groups is 1. The minimum absolute atomic E-state index is 0.107. The molecule has 11 heteroatoms.